The monoisotopic (exact) mass is 240 g/mol. The molecule has 0 saturated carbocycles. The molecule has 0 bridgehead atoms. The van der Waals surface area contributed by atoms with Gasteiger partial charge in [-0.25, -0.2) is 0 Å². The molecule has 17 heavy (non-hydrogen) atoms. The lowest BCUT2D eigenvalue weighted by molar-refractivity contribution is 0.101. The summed E-state index contributed by atoms with van der Waals surface area (Å²) in [6, 6.07) is 14.9. The molecule has 0 unspecified atom stereocenters. The fourth-order valence-corrected chi connectivity index (χ4v) is 2.88. The number of para-hydroxylation sites is 1. The van der Waals surface area contributed by atoms with E-state index in [1.807, 2.05) is 24.3 Å². The van der Waals surface area contributed by atoms with Crippen molar-refractivity contribution in [2.24, 2.45) is 0 Å². The molecule has 3 heteroatoms. The number of carbonyl (C=O) groups is 1. The Morgan fingerprint density at radius 2 is 2.06 bits per heavy atom. The van der Waals surface area contributed by atoms with E-state index < -0.39 is 0 Å². The molecule has 1 N–H and O–H groups in total. The molecule has 2 nitrogen and oxygen atoms in total. The summed E-state index contributed by atoms with van der Waals surface area (Å²) in [4.78, 5) is 13.8. The topological polar surface area (TPSA) is 29.1 Å². The largest absolute Gasteiger partial charge is 0.353 e. The van der Waals surface area contributed by atoms with E-state index in [0.717, 1.165) is 16.3 Å². The minimum Gasteiger partial charge on any atom is -0.353 e. The van der Waals surface area contributed by atoms with Gasteiger partial charge in [0.05, 0.1) is 11.4 Å². The third-order valence-electron chi connectivity index (χ3n) is 2.68. The first-order valence-electron chi connectivity index (χ1n) is 5.35. The van der Waals surface area contributed by atoms with Crippen molar-refractivity contribution in [2.45, 2.75) is 16.7 Å². The number of Topliss-reactive ketones (excluding diaryl/α,β-unsaturated/α-hetero) is 1. The van der Waals surface area contributed by atoms with Crippen molar-refractivity contribution in [3.8, 4) is 0 Å². The molecule has 0 saturated heterocycles. The maximum atomic E-state index is 11.5. The zero-order valence-electron chi connectivity index (χ0n) is 9.28. The summed E-state index contributed by atoms with van der Waals surface area (Å²) >= 11 is 1.68. The van der Waals surface area contributed by atoms with Crippen LogP contribution in [0.1, 0.15) is 17.3 Å². The molecule has 0 amide bonds. The molecule has 0 aromatic heterocycles. The van der Waals surface area contributed by atoms with E-state index in [-0.39, 0.29) is 5.78 Å². The van der Waals surface area contributed by atoms with Crippen LogP contribution in [0.2, 0.25) is 0 Å². The second-order valence-electron chi connectivity index (χ2n) is 3.87. The van der Waals surface area contributed by atoms with Crippen LogP contribution in [0, 0.1) is 6.07 Å². The molecule has 0 aliphatic carbocycles. The highest BCUT2D eigenvalue weighted by Gasteiger charge is 2.19. The number of ketones is 1. The standard InChI is InChI=1S/C14H10NOS/c1-9(16)10-5-4-8-13-14(10)15-11-6-2-3-7-12(11)17-13/h2-4,6-8,15H,1H3. The first kappa shape index (κ1) is 10.4. The second kappa shape index (κ2) is 3.93. The average molecular weight is 240 g/mol. The molecule has 1 heterocycles. The maximum absolute atomic E-state index is 11.5. The summed E-state index contributed by atoms with van der Waals surface area (Å²) in [5.41, 5.74) is 2.56. The second-order valence-corrected chi connectivity index (χ2v) is 4.96. The summed E-state index contributed by atoms with van der Waals surface area (Å²) in [6.45, 7) is 1.57. The SMILES string of the molecule is CC(=O)c1[c]ccc2c1Nc1ccccc1S2. The molecule has 83 valence electrons. The predicted molar refractivity (Wildman–Crippen MR) is 69.1 cm³/mol. The van der Waals surface area contributed by atoms with Crippen LogP contribution < -0.4 is 5.32 Å². The quantitative estimate of drug-likeness (QED) is 0.654. The Hall–Kier alpha value is -1.74. The van der Waals surface area contributed by atoms with Crippen LogP contribution in [0.25, 0.3) is 0 Å². The number of rotatable bonds is 1. The zero-order valence-corrected chi connectivity index (χ0v) is 10.1. The van der Waals surface area contributed by atoms with Gasteiger partial charge in [0.15, 0.2) is 5.78 Å². The predicted octanol–water partition coefficient (Wildman–Crippen LogP) is 3.90. The van der Waals surface area contributed by atoms with E-state index in [1.165, 1.54) is 4.90 Å². The van der Waals surface area contributed by atoms with Gasteiger partial charge in [-0.2, -0.15) is 0 Å². The molecular weight excluding hydrogens is 230 g/mol. The van der Waals surface area contributed by atoms with Crippen molar-refractivity contribution < 1.29 is 4.79 Å². The molecule has 2 aromatic carbocycles. The Morgan fingerprint density at radius 3 is 2.88 bits per heavy atom. The molecule has 2 aromatic rings. The summed E-state index contributed by atoms with van der Waals surface area (Å²) in [5.74, 6) is 0.0364. The Morgan fingerprint density at radius 1 is 1.24 bits per heavy atom. The van der Waals surface area contributed by atoms with Crippen LogP contribution in [0.4, 0.5) is 11.4 Å². The number of carbonyl (C=O) groups excluding carboxylic acids is 1. The molecule has 1 radical (unpaired) electrons. The summed E-state index contributed by atoms with van der Waals surface area (Å²) in [5, 5.41) is 3.32. The molecule has 3 rings (SSSR count). The van der Waals surface area contributed by atoms with E-state index in [2.05, 4.69) is 17.4 Å². The van der Waals surface area contributed by atoms with Crippen molar-refractivity contribution >= 4 is 28.9 Å². The maximum Gasteiger partial charge on any atom is 0.162 e. The van der Waals surface area contributed by atoms with Gasteiger partial charge in [-0.15, -0.1) is 0 Å². The van der Waals surface area contributed by atoms with Gasteiger partial charge >= 0.3 is 0 Å². The van der Waals surface area contributed by atoms with Crippen LogP contribution in [0.15, 0.2) is 46.2 Å². The van der Waals surface area contributed by atoms with Crippen molar-refractivity contribution in [1.82, 2.24) is 0 Å². The van der Waals surface area contributed by atoms with Gasteiger partial charge in [0.1, 0.15) is 0 Å². The van der Waals surface area contributed by atoms with Crippen molar-refractivity contribution in [3.63, 3.8) is 0 Å². The normalized spacial score (nSPS) is 12.3. The molecule has 0 fully saturated rings. The lowest BCUT2D eigenvalue weighted by atomic mass is 10.1. The minimum absolute atomic E-state index is 0.0364. The number of nitrogens with one attached hydrogen (secondary N) is 1. The number of anilines is 2. The van der Waals surface area contributed by atoms with Crippen LogP contribution >= 0.6 is 11.8 Å². The summed E-state index contributed by atoms with van der Waals surface area (Å²) in [7, 11) is 0. The van der Waals surface area contributed by atoms with Crippen LogP contribution in [0.5, 0.6) is 0 Å². The number of fused-ring (bicyclic) bond motifs is 2. The molecule has 0 atom stereocenters. The number of hydrogen-bond acceptors (Lipinski definition) is 3. The summed E-state index contributed by atoms with van der Waals surface area (Å²) in [6.07, 6.45) is 0. The highest BCUT2D eigenvalue weighted by Crippen LogP contribution is 2.45. The van der Waals surface area contributed by atoms with Crippen molar-refractivity contribution in [1.29, 1.82) is 0 Å². The highest BCUT2D eigenvalue weighted by atomic mass is 32.2. The van der Waals surface area contributed by atoms with Crippen molar-refractivity contribution in [3.05, 3.63) is 48.0 Å². The fraction of sp³-hybridized carbons (Fsp3) is 0.0714. The number of benzene rings is 2. The Bertz CT molecular complexity index is 607. The van der Waals surface area contributed by atoms with Gasteiger partial charge in [-0.1, -0.05) is 30.0 Å². The Balaban J connectivity index is 2.15. The highest BCUT2D eigenvalue weighted by molar-refractivity contribution is 7.99. The smallest absolute Gasteiger partial charge is 0.162 e. The van der Waals surface area contributed by atoms with E-state index in [9.17, 15) is 4.79 Å². The van der Waals surface area contributed by atoms with Crippen LogP contribution in [0.3, 0.4) is 0 Å². The van der Waals surface area contributed by atoms with Gasteiger partial charge in [-0.05, 0) is 31.2 Å². The van der Waals surface area contributed by atoms with E-state index >= 15 is 0 Å². The minimum atomic E-state index is 0.0364. The fourth-order valence-electron chi connectivity index (χ4n) is 1.88. The molecule has 1 aliphatic rings. The average Bonchev–Trinajstić information content (AvgIpc) is 2.35. The van der Waals surface area contributed by atoms with E-state index in [0.29, 0.717) is 5.56 Å². The first-order valence-corrected chi connectivity index (χ1v) is 6.17. The first-order chi connectivity index (χ1) is 8.25. The summed E-state index contributed by atoms with van der Waals surface area (Å²) < 4.78 is 0. The van der Waals surface area contributed by atoms with Gasteiger partial charge in [0.25, 0.3) is 0 Å². The van der Waals surface area contributed by atoms with E-state index in [4.69, 9.17) is 0 Å². The third-order valence-corrected chi connectivity index (χ3v) is 3.81. The van der Waals surface area contributed by atoms with Crippen LogP contribution in [-0.4, -0.2) is 5.78 Å². The zero-order chi connectivity index (χ0) is 11.8. The van der Waals surface area contributed by atoms with Gasteiger partial charge in [0.2, 0.25) is 0 Å². The molecule has 1 aliphatic heterocycles. The van der Waals surface area contributed by atoms with Crippen LogP contribution in [-0.2, 0) is 0 Å². The Kier molecular flexibility index (Phi) is 2.41. The van der Waals surface area contributed by atoms with Gasteiger partial charge < -0.3 is 5.32 Å². The third kappa shape index (κ3) is 1.72. The molecule has 0 spiro atoms. The lowest BCUT2D eigenvalue weighted by Gasteiger charge is -2.22. The van der Waals surface area contributed by atoms with E-state index in [1.54, 1.807) is 24.8 Å². The molecular formula is C14H10NOS. The number of hydrogen-bond donors (Lipinski definition) is 1. The van der Waals surface area contributed by atoms with Gasteiger partial charge in [-0.3, -0.25) is 4.79 Å². The van der Waals surface area contributed by atoms with Gasteiger partial charge in [0, 0.05) is 15.4 Å². The Labute approximate surface area is 104 Å². The van der Waals surface area contributed by atoms with Crippen molar-refractivity contribution in [2.75, 3.05) is 5.32 Å². The lowest BCUT2D eigenvalue weighted by Crippen LogP contribution is -2.05.